The molecule has 0 radical (unpaired) electrons. The van der Waals surface area contributed by atoms with Crippen LogP contribution in [0.4, 0.5) is 5.13 Å². The molecule has 6 heteroatoms. The average Bonchev–Trinajstić information content (AvgIpc) is 2.99. The number of nitrogens with zero attached hydrogens (tertiary/aromatic N) is 2. The molecule has 122 valence electrons. The lowest BCUT2D eigenvalue weighted by atomic mass is 10.1. The van der Waals surface area contributed by atoms with Gasteiger partial charge in [-0.3, -0.25) is 4.79 Å². The molecule has 1 heterocycles. The van der Waals surface area contributed by atoms with Crippen molar-refractivity contribution in [3.8, 4) is 0 Å². The van der Waals surface area contributed by atoms with Gasteiger partial charge in [-0.25, -0.2) is 0 Å². The van der Waals surface area contributed by atoms with Gasteiger partial charge in [0.1, 0.15) is 5.01 Å². The first-order valence-corrected chi connectivity index (χ1v) is 8.70. The maximum absolute atomic E-state index is 12.1. The number of halogens is 1. The van der Waals surface area contributed by atoms with Gasteiger partial charge < -0.3 is 5.32 Å². The highest BCUT2D eigenvalue weighted by Crippen LogP contribution is 2.20. The zero-order chi connectivity index (χ0) is 16.9. The molecule has 0 fully saturated rings. The normalized spacial score (nSPS) is 10.6. The number of rotatable bonds is 5. The SMILES string of the molecule is Cc1ccc(CC(=O)Nc2nnc(Cc3ccc(Cl)cc3)s2)cc1. The first-order chi connectivity index (χ1) is 11.6. The quantitative estimate of drug-likeness (QED) is 0.741. The fraction of sp³-hybridized carbons (Fsp3) is 0.167. The van der Waals surface area contributed by atoms with E-state index in [4.69, 9.17) is 11.6 Å². The maximum Gasteiger partial charge on any atom is 0.230 e. The van der Waals surface area contributed by atoms with Crippen molar-refractivity contribution in [3.63, 3.8) is 0 Å². The monoisotopic (exact) mass is 357 g/mol. The summed E-state index contributed by atoms with van der Waals surface area (Å²) in [7, 11) is 0. The van der Waals surface area contributed by atoms with Crippen molar-refractivity contribution in [1.29, 1.82) is 0 Å². The van der Waals surface area contributed by atoms with Crippen molar-refractivity contribution < 1.29 is 4.79 Å². The summed E-state index contributed by atoms with van der Waals surface area (Å²) >= 11 is 7.26. The lowest BCUT2D eigenvalue weighted by molar-refractivity contribution is -0.115. The Bertz CT molecular complexity index is 828. The molecule has 0 aliphatic rings. The highest BCUT2D eigenvalue weighted by molar-refractivity contribution is 7.15. The minimum atomic E-state index is -0.0898. The van der Waals surface area contributed by atoms with Gasteiger partial charge in [-0.2, -0.15) is 0 Å². The Labute approximate surface area is 149 Å². The Morgan fingerprint density at radius 1 is 1.04 bits per heavy atom. The van der Waals surface area contributed by atoms with E-state index in [-0.39, 0.29) is 5.91 Å². The summed E-state index contributed by atoms with van der Waals surface area (Å²) in [5.74, 6) is -0.0898. The van der Waals surface area contributed by atoms with Crippen molar-refractivity contribution in [2.75, 3.05) is 5.32 Å². The molecule has 0 atom stereocenters. The summed E-state index contributed by atoms with van der Waals surface area (Å²) in [5.41, 5.74) is 3.26. The van der Waals surface area contributed by atoms with Crippen molar-refractivity contribution >= 4 is 34.0 Å². The van der Waals surface area contributed by atoms with Crippen LogP contribution in [-0.2, 0) is 17.6 Å². The van der Waals surface area contributed by atoms with Gasteiger partial charge in [0.2, 0.25) is 11.0 Å². The zero-order valence-corrected chi connectivity index (χ0v) is 14.7. The zero-order valence-electron chi connectivity index (χ0n) is 13.1. The lowest BCUT2D eigenvalue weighted by Crippen LogP contribution is -2.14. The minimum absolute atomic E-state index is 0.0898. The molecule has 0 saturated heterocycles. The van der Waals surface area contributed by atoms with Gasteiger partial charge in [0.15, 0.2) is 0 Å². The van der Waals surface area contributed by atoms with Gasteiger partial charge >= 0.3 is 0 Å². The highest BCUT2D eigenvalue weighted by Gasteiger charge is 2.09. The molecular formula is C18H16ClN3OS. The number of aryl methyl sites for hydroxylation is 1. The number of hydrogen-bond donors (Lipinski definition) is 1. The first kappa shape index (κ1) is 16.6. The van der Waals surface area contributed by atoms with E-state index in [0.29, 0.717) is 23.0 Å². The van der Waals surface area contributed by atoms with Gasteiger partial charge in [0.25, 0.3) is 0 Å². The number of hydrogen-bond acceptors (Lipinski definition) is 4. The number of benzene rings is 2. The molecule has 2 aromatic carbocycles. The van der Waals surface area contributed by atoms with Crippen molar-refractivity contribution in [1.82, 2.24) is 10.2 Å². The van der Waals surface area contributed by atoms with Crippen LogP contribution in [0.5, 0.6) is 0 Å². The lowest BCUT2D eigenvalue weighted by Gasteiger charge is -2.02. The van der Waals surface area contributed by atoms with Crippen molar-refractivity contribution in [2.45, 2.75) is 19.8 Å². The van der Waals surface area contributed by atoms with Crippen LogP contribution in [0.15, 0.2) is 48.5 Å². The third-order valence-electron chi connectivity index (χ3n) is 3.47. The van der Waals surface area contributed by atoms with E-state index in [2.05, 4.69) is 15.5 Å². The van der Waals surface area contributed by atoms with Gasteiger partial charge in [0.05, 0.1) is 6.42 Å². The topological polar surface area (TPSA) is 54.9 Å². The van der Waals surface area contributed by atoms with E-state index in [1.165, 1.54) is 16.9 Å². The Balaban J connectivity index is 1.58. The van der Waals surface area contributed by atoms with E-state index in [9.17, 15) is 4.79 Å². The number of carbonyl (C=O) groups excluding carboxylic acids is 1. The van der Waals surface area contributed by atoms with E-state index >= 15 is 0 Å². The van der Waals surface area contributed by atoms with Gasteiger partial charge in [-0.1, -0.05) is 64.9 Å². The molecule has 1 N–H and O–H groups in total. The molecule has 0 aliphatic heterocycles. The van der Waals surface area contributed by atoms with Crippen molar-refractivity contribution in [2.24, 2.45) is 0 Å². The number of amides is 1. The standard InChI is InChI=1S/C18H16ClN3OS/c1-12-2-4-13(5-3-12)10-16(23)20-18-22-21-17(24-18)11-14-6-8-15(19)9-7-14/h2-9H,10-11H2,1H3,(H,20,22,23). The first-order valence-electron chi connectivity index (χ1n) is 7.51. The third-order valence-corrected chi connectivity index (χ3v) is 4.56. The smallest absolute Gasteiger partial charge is 0.230 e. The fourth-order valence-corrected chi connectivity index (χ4v) is 3.12. The predicted octanol–water partition coefficient (Wildman–Crippen LogP) is 4.27. The second-order valence-electron chi connectivity index (χ2n) is 5.51. The fourth-order valence-electron chi connectivity index (χ4n) is 2.21. The number of nitrogens with one attached hydrogen (secondary N) is 1. The van der Waals surface area contributed by atoms with E-state index < -0.39 is 0 Å². The van der Waals surface area contributed by atoms with Gasteiger partial charge in [0, 0.05) is 11.4 Å². The molecule has 3 aromatic rings. The van der Waals surface area contributed by atoms with Crippen LogP contribution in [0.1, 0.15) is 21.7 Å². The molecule has 24 heavy (non-hydrogen) atoms. The summed E-state index contributed by atoms with van der Waals surface area (Å²) < 4.78 is 0. The number of anilines is 1. The molecule has 0 saturated carbocycles. The Morgan fingerprint density at radius 2 is 1.71 bits per heavy atom. The molecule has 1 amide bonds. The molecule has 0 bridgehead atoms. The summed E-state index contributed by atoms with van der Waals surface area (Å²) in [6.07, 6.45) is 0.995. The van der Waals surface area contributed by atoms with E-state index in [1.54, 1.807) is 0 Å². The number of carbonyl (C=O) groups is 1. The van der Waals surface area contributed by atoms with Crippen molar-refractivity contribution in [3.05, 3.63) is 75.3 Å². The van der Waals surface area contributed by atoms with Crippen LogP contribution in [0, 0.1) is 6.92 Å². The molecule has 4 nitrogen and oxygen atoms in total. The molecule has 0 unspecified atom stereocenters. The summed E-state index contributed by atoms with van der Waals surface area (Å²) in [4.78, 5) is 12.1. The van der Waals surface area contributed by atoms with Crippen LogP contribution in [0.2, 0.25) is 5.02 Å². The van der Waals surface area contributed by atoms with Crippen LogP contribution < -0.4 is 5.32 Å². The van der Waals surface area contributed by atoms with Gasteiger partial charge in [-0.15, -0.1) is 10.2 Å². The summed E-state index contributed by atoms with van der Waals surface area (Å²) in [6, 6.07) is 15.5. The second-order valence-corrected chi connectivity index (χ2v) is 7.01. The molecule has 3 rings (SSSR count). The maximum atomic E-state index is 12.1. The Hall–Kier alpha value is -2.24. The summed E-state index contributed by atoms with van der Waals surface area (Å²) in [5, 5.41) is 13.1. The van der Waals surface area contributed by atoms with Crippen LogP contribution in [0.3, 0.4) is 0 Å². The Morgan fingerprint density at radius 3 is 2.42 bits per heavy atom. The predicted molar refractivity (Wildman–Crippen MR) is 97.7 cm³/mol. The average molecular weight is 358 g/mol. The second kappa shape index (κ2) is 7.55. The highest BCUT2D eigenvalue weighted by atomic mass is 35.5. The van der Waals surface area contributed by atoms with Crippen LogP contribution in [-0.4, -0.2) is 16.1 Å². The molecular weight excluding hydrogens is 342 g/mol. The largest absolute Gasteiger partial charge is 0.300 e. The van der Waals surface area contributed by atoms with E-state index in [1.807, 2.05) is 55.5 Å². The number of aromatic nitrogens is 2. The summed E-state index contributed by atoms with van der Waals surface area (Å²) in [6.45, 7) is 2.02. The minimum Gasteiger partial charge on any atom is -0.300 e. The van der Waals surface area contributed by atoms with Crippen LogP contribution >= 0.6 is 22.9 Å². The Kier molecular flexibility index (Phi) is 5.23. The van der Waals surface area contributed by atoms with Crippen LogP contribution in [0.25, 0.3) is 0 Å². The van der Waals surface area contributed by atoms with E-state index in [0.717, 1.165) is 16.1 Å². The molecule has 0 aliphatic carbocycles. The van der Waals surface area contributed by atoms with Gasteiger partial charge in [-0.05, 0) is 30.2 Å². The molecule has 0 spiro atoms. The third kappa shape index (κ3) is 4.63. The molecule has 1 aromatic heterocycles.